The summed E-state index contributed by atoms with van der Waals surface area (Å²) >= 11 is 0. The van der Waals surface area contributed by atoms with Crippen LogP contribution >= 0.6 is 0 Å². The van der Waals surface area contributed by atoms with Crippen molar-refractivity contribution in [1.82, 2.24) is 0 Å². The number of carbonyl (C=O) groups excluding carboxylic acids is 2. The predicted molar refractivity (Wildman–Crippen MR) is 103 cm³/mol. The maximum absolute atomic E-state index is 12.8. The molecule has 1 aliphatic carbocycles. The van der Waals surface area contributed by atoms with Gasteiger partial charge in [-0.3, -0.25) is 0 Å². The summed E-state index contributed by atoms with van der Waals surface area (Å²) in [5, 5.41) is 39.1. The summed E-state index contributed by atoms with van der Waals surface area (Å²) in [7, 11) is 0. The number of ether oxygens (including phenoxy) is 3. The minimum atomic E-state index is -1.66. The maximum atomic E-state index is 12.8. The molecule has 30 heavy (non-hydrogen) atoms. The van der Waals surface area contributed by atoms with Crippen molar-refractivity contribution in [2.24, 2.45) is 5.92 Å². The van der Waals surface area contributed by atoms with Crippen LogP contribution < -0.4 is 0 Å². The molecule has 2 heterocycles. The third-order valence-corrected chi connectivity index (χ3v) is 5.77. The molecule has 166 valence electrons. The van der Waals surface area contributed by atoms with Gasteiger partial charge in [-0.2, -0.15) is 0 Å². The van der Waals surface area contributed by atoms with Gasteiger partial charge in [-0.1, -0.05) is 18.2 Å². The number of aliphatic hydroxyl groups excluding tert-OH is 4. The van der Waals surface area contributed by atoms with E-state index in [-0.39, 0.29) is 5.92 Å². The van der Waals surface area contributed by atoms with Gasteiger partial charge in [0.25, 0.3) is 0 Å². The van der Waals surface area contributed by atoms with Crippen LogP contribution in [0, 0.1) is 5.92 Å². The van der Waals surface area contributed by atoms with E-state index >= 15 is 0 Å². The molecule has 0 amide bonds. The molecule has 0 saturated carbocycles. The Morgan fingerprint density at radius 3 is 2.67 bits per heavy atom. The first kappa shape index (κ1) is 22.6. The zero-order valence-corrected chi connectivity index (χ0v) is 16.8. The second-order valence-electron chi connectivity index (χ2n) is 7.94. The van der Waals surface area contributed by atoms with Crippen LogP contribution in [-0.4, -0.2) is 75.8 Å². The molecule has 2 saturated heterocycles. The molecule has 9 nitrogen and oxygen atoms in total. The fourth-order valence-electron chi connectivity index (χ4n) is 3.88. The average Bonchev–Trinajstić information content (AvgIpc) is 2.97. The molecule has 3 aliphatic rings. The van der Waals surface area contributed by atoms with E-state index in [0.29, 0.717) is 36.8 Å². The van der Waals surface area contributed by atoms with Crippen LogP contribution in [0.1, 0.15) is 32.6 Å². The lowest BCUT2D eigenvalue weighted by molar-refractivity contribution is -0.291. The Bertz CT molecular complexity index is 754. The van der Waals surface area contributed by atoms with Gasteiger partial charge in [0, 0.05) is 17.1 Å². The summed E-state index contributed by atoms with van der Waals surface area (Å²) < 4.78 is 15.9. The zero-order chi connectivity index (χ0) is 22.0. The Labute approximate surface area is 174 Å². The number of fused-ring (bicyclic) bond motifs is 1. The second-order valence-corrected chi connectivity index (χ2v) is 7.94. The minimum Gasteiger partial charge on any atom is -0.454 e. The van der Waals surface area contributed by atoms with E-state index < -0.39 is 55.4 Å². The summed E-state index contributed by atoms with van der Waals surface area (Å²) in [6.45, 7) is 5.12. The average molecular weight is 424 g/mol. The van der Waals surface area contributed by atoms with Crippen molar-refractivity contribution in [3.8, 4) is 0 Å². The third kappa shape index (κ3) is 4.65. The lowest BCUT2D eigenvalue weighted by Crippen LogP contribution is -2.59. The van der Waals surface area contributed by atoms with Gasteiger partial charge >= 0.3 is 11.9 Å². The van der Waals surface area contributed by atoms with Crippen LogP contribution in [0.15, 0.2) is 35.5 Å². The fourth-order valence-corrected chi connectivity index (χ4v) is 3.88. The van der Waals surface area contributed by atoms with Crippen LogP contribution in [0.4, 0.5) is 0 Å². The molecule has 0 spiro atoms. The highest BCUT2D eigenvalue weighted by Crippen LogP contribution is 2.33. The van der Waals surface area contributed by atoms with Crippen molar-refractivity contribution in [3.63, 3.8) is 0 Å². The lowest BCUT2D eigenvalue weighted by Gasteiger charge is -2.39. The van der Waals surface area contributed by atoms with Gasteiger partial charge in [0.15, 0.2) is 0 Å². The molecule has 0 bridgehead atoms. The molecule has 0 radical (unpaired) electrons. The van der Waals surface area contributed by atoms with Gasteiger partial charge in [-0.25, -0.2) is 9.59 Å². The van der Waals surface area contributed by atoms with E-state index in [1.54, 1.807) is 6.08 Å². The van der Waals surface area contributed by atoms with Crippen LogP contribution in [0.25, 0.3) is 0 Å². The van der Waals surface area contributed by atoms with Crippen molar-refractivity contribution in [1.29, 1.82) is 0 Å². The molecular weight excluding hydrogens is 396 g/mol. The zero-order valence-electron chi connectivity index (χ0n) is 16.8. The maximum Gasteiger partial charge on any atom is 0.336 e. The van der Waals surface area contributed by atoms with Crippen LogP contribution in [-0.2, 0) is 23.8 Å². The smallest absolute Gasteiger partial charge is 0.336 e. The molecule has 0 aromatic rings. The van der Waals surface area contributed by atoms with Gasteiger partial charge in [0.2, 0.25) is 6.29 Å². The molecule has 0 unspecified atom stereocenters. The highest BCUT2D eigenvalue weighted by atomic mass is 16.7. The van der Waals surface area contributed by atoms with Crippen molar-refractivity contribution < 1.29 is 44.2 Å². The predicted octanol–water partition coefficient (Wildman–Crippen LogP) is -0.126. The monoisotopic (exact) mass is 424 g/mol. The molecule has 3 rings (SSSR count). The third-order valence-electron chi connectivity index (χ3n) is 5.77. The fraction of sp³-hybridized carbons (Fsp3) is 0.619. The van der Waals surface area contributed by atoms with Crippen LogP contribution in [0.5, 0.6) is 0 Å². The van der Waals surface area contributed by atoms with Gasteiger partial charge in [0.05, 0.1) is 6.61 Å². The summed E-state index contributed by atoms with van der Waals surface area (Å²) in [6, 6.07) is 0. The Morgan fingerprint density at radius 1 is 1.23 bits per heavy atom. The largest absolute Gasteiger partial charge is 0.454 e. The highest BCUT2D eigenvalue weighted by Gasteiger charge is 2.45. The molecule has 4 N–H and O–H groups in total. The number of allylic oxidation sites excluding steroid dienone is 2. The van der Waals surface area contributed by atoms with Crippen molar-refractivity contribution >= 4 is 11.9 Å². The van der Waals surface area contributed by atoms with E-state index in [0.717, 1.165) is 5.57 Å². The number of rotatable bonds is 3. The van der Waals surface area contributed by atoms with Gasteiger partial charge in [-0.15, -0.1) is 0 Å². The van der Waals surface area contributed by atoms with Crippen molar-refractivity contribution in [3.05, 3.63) is 35.5 Å². The molecule has 0 aromatic carbocycles. The van der Waals surface area contributed by atoms with Crippen LogP contribution in [0.2, 0.25) is 0 Å². The van der Waals surface area contributed by atoms with Crippen molar-refractivity contribution in [2.45, 2.75) is 69.4 Å². The quantitative estimate of drug-likeness (QED) is 0.277. The lowest BCUT2D eigenvalue weighted by atomic mass is 9.89. The number of carbonyl (C=O) groups is 2. The van der Waals surface area contributed by atoms with E-state index in [9.17, 15) is 30.0 Å². The normalized spacial score (nSPS) is 41.0. The summed E-state index contributed by atoms with van der Waals surface area (Å²) in [5.41, 5.74) is 1.73. The Kier molecular flexibility index (Phi) is 7.10. The first-order chi connectivity index (χ1) is 14.2. The number of esters is 2. The van der Waals surface area contributed by atoms with Crippen molar-refractivity contribution in [2.75, 3.05) is 6.61 Å². The van der Waals surface area contributed by atoms with E-state index in [4.69, 9.17) is 14.2 Å². The van der Waals surface area contributed by atoms with Gasteiger partial charge in [0.1, 0.15) is 30.5 Å². The van der Waals surface area contributed by atoms with Crippen LogP contribution in [0.3, 0.4) is 0 Å². The van der Waals surface area contributed by atoms with Gasteiger partial charge < -0.3 is 34.6 Å². The molecule has 2 aliphatic heterocycles. The SMILES string of the molecule is C=C1C(=O)O[C@H]2/C=C(/C)CCC/C(C(=O)O[C@@H]3O[C@H](CO)[C@@H](O)[C@H](O)[C@H]3O)=C/C[C@@H]12. The minimum absolute atomic E-state index is 0.291. The standard InChI is InChI=1S/C21H28O9/c1-10-4-3-5-12(6-7-13-11(2)19(26)28-14(13)8-10)20(27)30-21-18(25)17(24)16(23)15(9-22)29-21/h6,8,13-18,21-25H,2-5,7,9H2,1H3/b10-8-,12-6-/t13-,14-,15+,16+,17-,18+,21-/m0/s1. The second kappa shape index (κ2) is 9.40. The van der Waals surface area contributed by atoms with E-state index in [2.05, 4.69) is 6.58 Å². The first-order valence-electron chi connectivity index (χ1n) is 10.0. The van der Waals surface area contributed by atoms with Gasteiger partial charge in [-0.05, 0) is 38.7 Å². The number of aliphatic hydroxyl groups is 4. The summed E-state index contributed by atoms with van der Waals surface area (Å²) in [4.78, 5) is 24.7. The molecule has 2 fully saturated rings. The Balaban J connectivity index is 1.74. The first-order valence-corrected chi connectivity index (χ1v) is 10.0. The molecule has 0 aromatic heterocycles. The Hall–Kier alpha value is -2.04. The molecular formula is C21H28O9. The molecule has 7 atom stereocenters. The summed E-state index contributed by atoms with van der Waals surface area (Å²) in [5.74, 6) is -1.48. The highest BCUT2D eigenvalue weighted by molar-refractivity contribution is 5.91. The molecule has 9 heteroatoms. The van der Waals surface area contributed by atoms with E-state index in [1.165, 1.54) is 0 Å². The number of hydrogen-bond acceptors (Lipinski definition) is 9. The number of hydrogen-bond donors (Lipinski definition) is 4. The summed E-state index contributed by atoms with van der Waals surface area (Å²) in [6.07, 6.45) is -2.28. The topological polar surface area (TPSA) is 143 Å². The Morgan fingerprint density at radius 2 is 1.97 bits per heavy atom. The van der Waals surface area contributed by atoms with E-state index in [1.807, 2.05) is 13.0 Å².